The lowest BCUT2D eigenvalue weighted by molar-refractivity contribution is 0.0953. The number of carbonyl (C=O) groups is 1. The van der Waals surface area contributed by atoms with Gasteiger partial charge in [0.1, 0.15) is 0 Å². The fourth-order valence-corrected chi connectivity index (χ4v) is 2.19. The molecule has 0 fully saturated rings. The third-order valence-corrected chi connectivity index (χ3v) is 3.93. The minimum Gasteiger partial charge on any atom is -0.399 e. The molecule has 1 amide bonds. The minimum atomic E-state index is -0.0464. The van der Waals surface area contributed by atoms with Crippen molar-refractivity contribution in [3.05, 3.63) is 127 Å². The van der Waals surface area contributed by atoms with Gasteiger partial charge in [-0.2, -0.15) is 0 Å². The van der Waals surface area contributed by atoms with Gasteiger partial charge in [0.2, 0.25) is 0 Å². The summed E-state index contributed by atoms with van der Waals surface area (Å²) in [4.78, 5) is 11.8. The van der Waals surface area contributed by atoms with Gasteiger partial charge in [-0.05, 0) is 74.9 Å². The van der Waals surface area contributed by atoms with Crippen molar-refractivity contribution in [2.75, 3.05) is 12.3 Å². The van der Waals surface area contributed by atoms with Crippen molar-refractivity contribution in [3.63, 3.8) is 0 Å². The Morgan fingerprint density at radius 3 is 1.59 bits per heavy atom. The van der Waals surface area contributed by atoms with Crippen molar-refractivity contribution in [1.82, 2.24) is 5.32 Å². The van der Waals surface area contributed by atoms with E-state index >= 15 is 0 Å². The molecular weight excluding hydrogens is 500 g/mol. The number of terminal acetylenes is 1. The molecule has 2 aromatic carbocycles. The van der Waals surface area contributed by atoms with Crippen LogP contribution in [-0.2, 0) is 0 Å². The second-order valence-electron chi connectivity index (χ2n) is 6.92. The molecule has 0 unspecified atom stereocenters. The van der Waals surface area contributed by atoms with Crippen LogP contribution >= 0.6 is 0 Å². The second kappa shape index (κ2) is 37.7. The highest BCUT2D eigenvalue weighted by Gasteiger charge is 2.02. The third kappa shape index (κ3) is 28.4. The van der Waals surface area contributed by atoms with Crippen LogP contribution in [0.5, 0.6) is 0 Å². The van der Waals surface area contributed by atoms with Crippen molar-refractivity contribution in [3.8, 4) is 24.2 Å². The summed E-state index contributed by atoms with van der Waals surface area (Å²) in [6, 6.07) is 14.7. The van der Waals surface area contributed by atoms with E-state index in [-0.39, 0.29) is 5.91 Å². The zero-order valence-corrected chi connectivity index (χ0v) is 27.4. The summed E-state index contributed by atoms with van der Waals surface area (Å²) < 4.78 is 0. The van der Waals surface area contributed by atoms with Crippen LogP contribution in [0.25, 0.3) is 0 Å². The van der Waals surface area contributed by atoms with Crippen molar-refractivity contribution in [1.29, 1.82) is 0 Å². The summed E-state index contributed by atoms with van der Waals surface area (Å²) in [5.41, 5.74) is 10.8. The van der Waals surface area contributed by atoms with Crippen molar-refractivity contribution in [2.24, 2.45) is 0 Å². The average molecular weight is 557 g/mol. The first-order valence-electron chi connectivity index (χ1n) is 14.1. The smallest absolute Gasteiger partial charge is 0.251 e. The standard InChI is InChI=1S/C18H18N2O.C10H12.3C2H6.2C2H4/c1-2-13-20-18(21)16-9-5-14(6-10-16)3-4-15-7-11-17(19)12-8-15;1-5-10(6-2)8-7-9(3)4;5*1-2/h5-12H,2,13,19H2,1H3,(H,20,21);1,6-8H,2H2,3-4H3;3*1-2H3;2*1-2H2/b;10-8-;;;;;. The first kappa shape index (κ1) is 46.4. The van der Waals surface area contributed by atoms with Gasteiger partial charge in [0, 0.05) is 34.5 Å². The molecule has 0 atom stereocenters. The zero-order valence-electron chi connectivity index (χ0n) is 27.4. The highest BCUT2D eigenvalue weighted by Crippen LogP contribution is 2.06. The quantitative estimate of drug-likeness (QED) is 0.167. The van der Waals surface area contributed by atoms with Crippen molar-refractivity contribution in [2.45, 2.75) is 68.7 Å². The molecule has 0 saturated heterocycles. The molecule has 3 N–H and O–H groups in total. The van der Waals surface area contributed by atoms with E-state index in [0.717, 1.165) is 28.8 Å². The van der Waals surface area contributed by atoms with Gasteiger partial charge in [-0.3, -0.25) is 4.79 Å². The number of benzene rings is 2. The number of hydrogen-bond acceptors (Lipinski definition) is 2. The lowest BCUT2D eigenvalue weighted by Crippen LogP contribution is -2.23. The molecule has 0 aliphatic heterocycles. The number of amides is 1. The van der Waals surface area contributed by atoms with Gasteiger partial charge in [0.25, 0.3) is 5.91 Å². The number of nitrogens with two attached hydrogens (primary N) is 1. The molecule has 0 radical (unpaired) electrons. The van der Waals surface area contributed by atoms with Crippen LogP contribution in [0.3, 0.4) is 0 Å². The normalized spacial score (nSPS) is 7.95. The zero-order chi connectivity index (χ0) is 33.1. The Bertz CT molecular complexity index is 1050. The van der Waals surface area contributed by atoms with Crippen LogP contribution in [0.2, 0.25) is 0 Å². The maximum absolute atomic E-state index is 11.8. The van der Waals surface area contributed by atoms with E-state index in [1.807, 2.05) is 111 Å². The van der Waals surface area contributed by atoms with E-state index in [1.165, 1.54) is 5.57 Å². The van der Waals surface area contributed by atoms with Gasteiger partial charge in [-0.1, -0.05) is 90.5 Å². The van der Waals surface area contributed by atoms with Crippen LogP contribution in [0.4, 0.5) is 5.69 Å². The predicted octanol–water partition coefficient (Wildman–Crippen LogP) is 10.2. The van der Waals surface area contributed by atoms with Gasteiger partial charge in [-0.15, -0.1) is 32.7 Å². The van der Waals surface area contributed by atoms with E-state index in [9.17, 15) is 4.79 Å². The topological polar surface area (TPSA) is 55.1 Å². The second-order valence-corrected chi connectivity index (χ2v) is 6.92. The predicted molar refractivity (Wildman–Crippen MR) is 189 cm³/mol. The van der Waals surface area contributed by atoms with Gasteiger partial charge < -0.3 is 11.1 Å². The van der Waals surface area contributed by atoms with Gasteiger partial charge in [0.05, 0.1) is 0 Å². The molecule has 0 saturated carbocycles. The highest BCUT2D eigenvalue weighted by atomic mass is 16.1. The van der Waals surface area contributed by atoms with Gasteiger partial charge in [0.15, 0.2) is 0 Å². The Balaban J connectivity index is -0.000000182. The molecular formula is C38H56N2O. The number of rotatable bonds is 5. The molecule has 0 spiro atoms. The summed E-state index contributed by atoms with van der Waals surface area (Å²) >= 11 is 0. The largest absolute Gasteiger partial charge is 0.399 e. The van der Waals surface area contributed by atoms with E-state index in [2.05, 4.69) is 56.0 Å². The molecule has 0 aliphatic rings. The van der Waals surface area contributed by atoms with Crippen LogP contribution in [0.1, 0.15) is 90.2 Å². The van der Waals surface area contributed by atoms with E-state index in [0.29, 0.717) is 12.1 Å². The minimum absolute atomic E-state index is 0.0464. The molecule has 0 heterocycles. The Labute approximate surface area is 254 Å². The Morgan fingerprint density at radius 2 is 1.24 bits per heavy atom. The first-order chi connectivity index (χ1) is 19.9. The molecule has 2 rings (SSSR count). The lowest BCUT2D eigenvalue weighted by Gasteiger charge is -2.02. The summed E-state index contributed by atoms with van der Waals surface area (Å²) in [7, 11) is 0. The molecule has 224 valence electrons. The number of nitrogen functional groups attached to an aromatic ring is 1. The molecule has 0 aliphatic carbocycles. The van der Waals surface area contributed by atoms with Gasteiger partial charge >= 0.3 is 0 Å². The maximum Gasteiger partial charge on any atom is 0.251 e. The van der Waals surface area contributed by atoms with Crippen LogP contribution in [0, 0.1) is 24.2 Å². The Hall–Kier alpha value is -4.47. The fourth-order valence-electron chi connectivity index (χ4n) is 2.19. The fraction of sp³-hybridized carbons (Fsp3) is 0.289. The molecule has 3 nitrogen and oxygen atoms in total. The van der Waals surface area contributed by atoms with Crippen molar-refractivity contribution < 1.29 is 4.79 Å². The van der Waals surface area contributed by atoms with E-state index in [1.54, 1.807) is 18.2 Å². The SMILES string of the molecule is C#C/C(C=C)=C/C=C(C)C.C=C.C=C.CC.CC.CC.CCCNC(=O)c1ccc(C#Cc2ccc(N)cc2)cc1. The summed E-state index contributed by atoms with van der Waals surface area (Å²) in [5, 5.41) is 2.84. The van der Waals surface area contributed by atoms with E-state index in [4.69, 9.17) is 12.2 Å². The number of hydrogen-bond donors (Lipinski definition) is 2. The molecule has 41 heavy (non-hydrogen) atoms. The first-order valence-corrected chi connectivity index (χ1v) is 14.1. The van der Waals surface area contributed by atoms with Crippen LogP contribution < -0.4 is 11.1 Å². The number of allylic oxidation sites excluding steroid dienone is 5. The Morgan fingerprint density at radius 1 is 0.829 bits per heavy atom. The maximum atomic E-state index is 11.8. The lowest BCUT2D eigenvalue weighted by atomic mass is 10.1. The molecule has 2 aromatic rings. The monoisotopic (exact) mass is 556 g/mol. The average Bonchev–Trinajstić information content (AvgIpc) is 3.05. The van der Waals surface area contributed by atoms with Crippen LogP contribution in [-0.4, -0.2) is 12.5 Å². The van der Waals surface area contributed by atoms with Crippen molar-refractivity contribution >= 4 is 11.6 Å². The Kier molecular flexibility index (Phi) is 42.6. The number of nitrogens with one attached hydrogen (secondary N) is 1. The number of carbonyl (C=O) groups excluding carboxylic acids is 1. The molecule has 0 bridgehead atoms. The molecule has 3 heteroatoms. The summed E-state index contributed by atoms with van der Waals surface area (Å²) in [6.07, 6.45) is 11.6. The summed E-state index contributed by atoms with van der Waals surface area (Å²) in [6.45, 7) is 34.3. The number of anilines is 1. The van der Waals surface area contributed by atoms with Gasteiger partial charge in [-0.25, -0.2) is 0 Å². The summed E-state index contributed by atoms with van der Waals surface area (Å²) in [5.74, 6) is 8.59. The van der Waals surface area contributed by atoms with Crippen LogP contribution in [0.15, 0.2) is 111 Å². The van der Waals surface area contributed by atoms with E-state index < -0.39 is 0 Å². The highest BCUT2D eigenvalue weighted by molar-refractivity contribution is 5.94. The third-order valence-electron chi connectivity index (χ3n) is 3.93. The molecule has 0 aromatic heterocycles.